The van der Waals surface area contributed by atoms with Crippen LogP contribution in [0.1, 0.15) is 16.7 Å². The number of hydrogen-bond acceptors (Lipinski definition) is 2. The van der Waals surface area contributed by atoms with Crippen LogP contribution in [-0.2, 0) is 32.9 Å². The molecule has 0 unspecified atom stereocenters. The van der Waals surface area contributed by atoms with E-state index in [4.69, 9.17) is 4.98 Å². The van der Waals surface area contributed by atoms with Crippen molar-refractivity contribution in [2.45, 2.75) is 19.8 Å². The predicted octanol–water partition coefficient (Wildman–Crippen LogP) is 4.15. The van der Waals surface area contributed by atoms with E-state index in [1.54, 1.807) is 0 Å². The molecule has 0 saturated carbocycles. The van der Waals surface area contributed by atoms with Gasteiger partial charge in [-0.3, -0.25) is 4.98 Å². The molecule has 2 aliphatic rings. The van der Waals surface area contributed by atoms with Crippen molar-refractivity contribution < 1.29 is 20.1 Å². The third-order valence-corrected chi connectivity index (χ3v) is 6.08. The van der Waals surface area contributed by atoms with Crippen LogP contribution in [0.2, 0.25) is 0 Å². The van der Waals surface area contributed by atoms with Crippen LogP contribution in [0.5, 0.6) is 0 Å². The molecule has 2 aliphatic heterocycles. The topological polar surface area (TPSA) is 21.1 Å². The molecule has 5 heteroatoms. The minimum Gasteiger partial charge on any atom is -0.404 e. The van der Waals surface area contributed by atoms with Gasteiger partial charge in [-0.2, -0.15) is 0 Å². The number of aromatic nitrogens is 2. The molecule has 0 saturated heterocycles. The fourth-order valence-electron chi connectivity index (χ4n) is 4.85. The third kappa shape index (κ3) is 2.65. The summed E-state index contributed by atoms with van der Waals surface area (Å²) in [6.07, 6.45) is 6.11. The number of rotatable bonds is 0. The molecule has 3 heterocycles. The Labute approximate surface area is 184 Å². The summed E-state index contributed by atoms with van der Waals surface area (Å²) in [5, 5.41) is 0. The van der Waals surface area contributed by atoms with Gasteiger partial charge in [0.1, 0.15) is 0 Å². The molecular formula is C24H19BIrN3-. The summed E-state index contributed by atoms with van der Waals surface area (Å²) in [7, 11) is 0. The first-order valence-electron chi connectivity index (χ1n) is 9.82. The fourth-order valence-corrected chi connectivity index (χ4v) is 4.85. The molecule has 3 nitrogen and oxygen atoms in total. The second-order valence-corrected chi connectivity index (χ2v) is 7.61. The minimum atomic E-state index is 0. The van der Waals surface area contributed by atoms with Gasteiger partial charge in [-0.05, 0) is 42.4 Å². The van der Waals surface area contributed by atoms with Crippen LogP contribution in [0.15, 0.2) is 73.1 Å². The first-order chi connectivity index (χ1) is 13.8. The van der Waals surface area contributed by atoms with Crippen LogP contribution in [0, 0.1) is 13.0 Å². The second kappa shape index (κ2) is 7.02. The molecule has 0 atom stereocenters. The van der Waals surface area contributed by atoms with E-state index in [2.05, 4.69) is 83.1 Å². The van der Waals surface area contributed by atoms with E-state index in [9.17, 15) is 0 Å². The van der Waals surface area contributed by atoms with Crippen molar-refractivity contribution in [3.05, 3.63) is 95.8 Å². The largest absolute Gasteiger partial charge is 0.404 e. The summed E-state index contributed by atoms with van der Waals surface area (Å²) >= 11 is 0. The monoisotopic (exact) mass is 553 g/mol. The Balaban J connectivity index is 0.00000181. The number of aryl methyl sites for hydroxylation is 3. The van der Waals surface area contributed by atoms with Crippen LogP contribution in [0.3, 0.4) is 0 Å². The minimum absolute atomic E-state index is 0. The smallest absolute Gasteiger partial charge is 0.404 e. The van der Waals surface area contributed by atoms with E-state index in [0.29, 0.717) is 0 Å². The Morgan fingerprint density at radius 3 is 2.66 bits per heavy atom. The maximum absolute atomic E-state index is 4.71. The molecule has 3 aromatic carbocycles. The molecule has 1 aromatic heterocycles. The Bertz CT molecular complexity index is 1220. The van der Waals surface area contributed by atoms with Gasteiger partial charge < -0.3 is 9.29 Å². The normalized spacial score (nSPS) is 13.7. The maximum Gasteiger partial charge on any atom is 0.404 e. The quantitative estimate of drug-likeness (QED) is 0.242. The number of benzene rings is 3. The number of fused-ring (bicyclic) bond motifs is 10. The predicted molar refractivity (Wildman–Crippen MR) is 114 cm³/mol. The molecule has 0 aliphatic carbocycles. The molecule has 0 spiro atoms. The summed E-state index contributed by atoms with van der Waals surface area (Å²) in [6, 6.07) is 25.2. The van der Waals surface area contributed by atoms with Gasteiger partial charge in [0.15, 0.2) is 0 Å². The zero-order chi connectivity index (χ0) is 18.7. The van der Waals surface area contributed by atoms with Crippen molar-refractivity contribution in [2.75, 3.05) is 4.81 Å². The number of nitrogens with zero attached hydrogens (tertiary/aromatic N) is 3. The van der Waals surface area contributed by atoms with Crippen LogP contribution in [0.4, 0.5) is 11.4 Å². The van der Waals surface area contributed by atoms with Crippen molar-refractivity contribution in [1.29, 1.82) is 0 Å². The molecular weight excluding hydrogens is 533 g/mol. The molecule has 0 N–H and O–H groups in total. The molecule has 1 radical (unpaired) electrons. The molecule has 4 aromatic rings. The van der Waals surface area contributed by atoms with Crippen molar-refractivity contribution >= 4 is 23.8 Å². The summed E-state index contributed by atoms with van der Waals surface area (Å²) in [6.45, 7) is 2.28. The average molecular weight is 552 g/mol. The summed E-state index contributed by atoms with van der Waals surface area (Å²) < 4.78 is 2.31. The number of hydrogen-bond donors (Lipinski definition) is 0. The molecule has 143 valence electrons. The second-order valence-electron chi connectivity index (χ2n) is 7.61. The summed E-state index contributed by atoms with van der Waals surface area (Å²) in [5.41, 5.74) is 9.05. The van der Waals surface area contributed by atoms with Crippen molar-refractivity contribution in [1.82, 2.24) is 9.46 Å². The van der Waals surface area contributed by atoms with Gasteiger partial charge in [0.05, 0.1) is 0 Å². The van der Waals surface area contributed by atoms with Gasteiger partial charge in [0, 0.05) is 44.0 Å². The van der Waals surface area contributed by atoms with Crippen LogP contribution in [0.25, 0.3) is 11.4 Å². The van der Waals surface area contributed by atoms with Crippen molar-refractivity contribution in [3.8, 4) is 11.4 Å². The van der Waals surface area contributed by atoms with E-state index in [0.717, 1.165) is 24.2 Å². The molecule has 0 bridgehead atoms. The Morgan fingerprint density at radius 1 is 0.931 bits per heavy atom. The Kier molecular flexibility index (Phi) is 4.45. The van der Waals surface area contributed by atoms with E-state index < -0.39 is 0 Å². The van der Waals surface area contributed by atoms with E-state index in [1.807, 2.05) is 12.3 Å². The maximum atomic E-state index is 4.71. The van der Waals surface area contributed by atoms with Crippen LogP contribution < -0.4 is 10.3 Å². The zero-order valence-electron chi connectivity index (χ0n) is 16.1. The molecule has 0 amide bonds. The fraction of sp³-hybridized carbons (Fsp3) is 0.125. The zero-order valence-corrected chi connectivity index (χ0v) is 18.5. The van der Waals surface area contributed by atoms with Gasteiger partial charge in [0.2, 0.25) is 0 Å². The Hall–Kier alpha value is -2.62. The Morgan fingerprint density at radius 2 is 1.72 bits per heavy atom. The first-order valence-corrected chi connectivity index (χ1v) is 9.82. The summed E-state index contributed by atoms with van der Waals surface area (Å²) in [5.74, 6) is 0.990. The first kappa shape index (κ1) is 18.4. The molecule has 0 fully saturated rings. The SMILES string of the molecule is Cc1cccc2c1B1N(c3ccc[c-]c3-c3nccn31)c1ccccc1CC2.[Ir]. The third-order valence-electron chi connectivity index (χ3n) is 6.08. The molecule has 29 heavy (non-hydrogen) atoms. The van der Waals surface area contributed by atoms with E-state index in [-0.39, 0.29) is 27.1 Å². The van der Waals surface area contributed by atoms with Gasteiger partial charge in [-0.25, -0.2) is 0 Å². The summed E-state index contributed by atoms with van der Waals surface area (Å²) in [4.78, 5) is 7.19. The van der Waals surface area contributed by atoms with Crippen LogP contribution in [-0.4, -0.2) is 16.4 Å². The van der Waals surface area contributed by atoms with E-state index >= 15 is 0 Å². The number of anilines is 2. The van der Waals surface area contributed by atoms with Gasteiger partial charge in [-0.15, -0.1) is 24.3 Å². The van der Waals surface area contributed by atoms with Crippen molar-refractivity contribution in [2.24, 2.45) is 0 Å². The van der Waals surface area contributed by atoms with Gasteiger partial charge in [-0.1, -0.05) is 53.2 Å². The standard InChI is InChI=1S/C24H19BN3.Ir/c1-17-7-6-9-19-14-13-18-8-2-4-11-21(18)28-22-12-5-3-10-20(22)24-26-15-16-27(24)25(28)23(17)19;/h2-9,11-12,15-16H,13-14H2,1H3;/q-1;. The van der Waals surface area contributed by atoms with Crippen LogP contribution >= 0.6 is 0 Å². The van der Waals surface area contributed by atoms with E-state index in [1.165, 1.54) is 33.5 Å². The molecule has 6 rings (SSSR count). The number of imidazole rings is 1. The van der Waals surface area contributed by atoms with Gasteiger partial charge >= 0.3 is 6.98 Å². The van der Waals surface area contributed by atoms with Crippen molar-refractivity contribution in [3.63, 3.8) is 0 Å². The van der Waals surface area contributed by atoms with Gasteiger partial charge in [0.25, 0.3) is 0 Å². The number of para-hydroxylation sites is 1. The average Bonchev–Trinajstić information content (AvgIpc) is 3.20.